The van der Waals surface area contributed by atoms with Crippen molar-refractivity contribution in [2.75, 3.05) is 39.3 Å². The average Bonchev–Trinajstić information content (AvgIpc) is 2.96. The third-order valence-electron chi connectivity index (χ3n) is 5.45. The number of amides is 2. The molecule has 2 fully saturated rings. The fraction of sp³-hybridized carbons (Fsp3) is 0.600. The Balaban J connectivity index is 1.52. The molecule has 2 saturated heterocycles. The van der Waals surface area contributed by atoms with Gasteiger partial charge in [-0.2, -0.15) is 0 Å². The molecule has 0 bridgehead atoms. The lowest BCUT2D eigenvalue weighted by molar-refractivity contribution is -0.136. The van der Waals surface area contributed by atoms with Crippen LogP contribution in [-0.2, 0) is 4.79 Å². The van der Waals surface area contributed by atoms with Crippen LogP contribution in [-0.4, -0.2) is 71.8 Å². The number of hydrogen-bond acceptors (Lipinski definition) is 3. The number of benzene rings is 1. The SMILES string of the molecule is CC(C(=O)N1CCCCCC1)N1CCN(C(=O)c2ccccc2)CC1. The normalized spacial score (nSPS) is 20.8. The van der Waals surface area contributed by atoms with Crippen molar-refractivity contribution < 1.29 is 9.59 Å². The van der Waals surface area contributed by atoms with Gasteiger partial charge in [-0.25, -0.2) is 0 Å². The molecule has 3 rings (SSSR count). The summed E-state index contributed by atoms with van der Waals surface area (Å²) in [4.78, 5) is 31.5. The number of hydrogen-bond donors (Lipinski definition) is 0. The maximum absolute atomic E-state index is 12.8. The van der Waals surface area contributed by atoms with Gasteiger partial charge in [0.25, 0.3) is 5.91 Å². The highest BCUT2D eigenvalue weighted by molar-refractivity contribution is 5.94. The van der Waals surface area contributed by atoms with Crippen molar-refractivity contribution in [2.24, 2.45) is 0 Å². The molecule has 1 aromatic rings. The van der Waals surface area contributed by atoms with E-state index >= 15 is 0 Å². The van der Waals surface area contributed by atoms with E-state index in [9.17, 15) is 9.59 Å². The summed E-state index contributed by atoms with van der Waals surface area (Å²) in [5.74, 6) is 0.344. The van der Waals surface area contributed by atoms with Gasteiger partial charge in [0.05, 0.1) is 6.04 Å². The topological polar surface area (TPSA) is 43.9 Å². The lowest BCUT2D eigenvalue weighted by Crippen LogP contribution is -2.55. The summed E-state index contributed by atoms with van der Waals surface area (Å²) in [6.07, 6.45) is 4.71. The molecule has 2 aliphatic rings. The zero-order chi connectivity index (χ0) is 17.6. The number of rotatable bonds is 3. The highest BCUT2D eigenvalue weighted by Gasteiger charge is 2.30. The van der Waals surface area contributed by atoms with Crippen LogP contribution >= 0.6 is 0 Å². The Hall–Kier alpha value is -1.88. The van der Waals surface area contributed by atoms with E-state index in [1.807, 2.05) is 47.1 Å². The largest absolute Gasteiger partial charge is 0.341 e. The highest BCUT2D eigenvalue weighted by Crippen LogP contribution is 2.15. The van der Waals surface area contributed by atoms with Crippen LogP contribution in [0.1, 0.15) is 43.0 Å². The second-order valence-electron chi connectivity index (χ2n) is 7.11. The molecule has 0 saturated carbocycles. The molecule has 0 spiro atoms. The molecule has 0 radical (unpaired) electrons. The average molecular weight is 343 g/mol. The minimum Gasteiger partial charge on any atom is -0.341 e. The van der Waals surface area contributed by atoms with E-state index in [0.29, 0.717) is 13.1 Å². The third-order valence-corrected chi connectivity index (χ3v) is 5.45. The first-order valence-corrected chi connectivity index (χ1v) is 9.54. The predicted molar refractivity (Wildman–Crippen MR) is 98.4 cm³/mol. The maximum atomic E-state index is 12.8. The van der Waals surface area contributed by atoms with Gasteiger partial charge >= 0.3 is 0 Å². The van der Waals surface area contributed by atoms with Crippen molar-refractivity contribution in [3.63, 3.8) is 0 Å². The van der Waals surface area contributed by atoms with Gasteiger partial charge in [-0.3, -0.25) is 14.5 Å². The Morgan fingerprint density at radius 2 is 1.40 bits per heavy atom. The van der Waals surface area contributed by atoms with Crippen LogP contribution < -0.4 is 0 Å². The van der Waals surface area contributed by atoms with Crippen LogP contribution in [0.5, 0.6) is 0 Å². The Morgan fingerprint density at radius 3 is 2.00 bits per heavy atom. The molecule has 1 atom stereocenters. The van der Waals surface area contributed by atoms with Gasteiger partial charge in [0, 0.05) is 44.8 Å². The van der Waals surface area contributed by atoms with Crippen molar-refractivity contribution in [2.45, 2.75) is 38.6 Å². The molecular formula is C20H29N3O2. The van der Waals surface area contributed by atoms with Crippen LogP contribution in [0.2, 0.25) is 0 Å². The summed E-state index contributed by atoms with van der Waals surface area (Å²) in [6.45, 7) is 6.71. The molecule has 5 nitrogen and oxygen atoms in total. The first-order chi connectivity index (χ1) is 12.2. The van der Waals surface area contributed by atoms with Crippen molar-refractivity contribution in [1.82, 2.24) is 14.7 Å². The number of nitrogens with zero attached hydrogens (tertiary/aromatic N) is 3. The molecule has 136 valence electrons. The van der Waals surface area contributed by atoms with Crippen molar-refractivity contribution >= 4 is 11.8 Å². The van der Waals surface area contributed by atoms with Crippen LogP contribution in [0.4, 0.5) is 0 Å². The first kappa shape index (κ1) is 17.9. The van der Waals surface area contributed by atoms with E-state index in [1.54, 1.807) is 0 Å². The molecule has 1 unspecified atom stereocenters. The molecule has 2 heterocycles. The Labute approximate surface area is 150 Å². The van der Waals surface area contributed by atoms with E-state index in [1.165, 1.54) is 12.8 Å². The van der Waals surface area contributed by atoms with Gasteiger partial charge < -0.3 is 9.80 Å². The molecule has 0 aliphatic carbocycles. The van der Waals surface area contributed by atoms with E-state index in [4.69, 9.17) is 0 Å². The summed E-state index contributed by atoms with van der Waals surface area (Å²) < 4.78 is 0. The first-order valence-electron chi connectivity index (χ1n) is 9.54. The van der Waals surface area contributed by atoms with Gasteiger partial charge in [0.2, 0.25) is 5.91 Å². The molecule has 5 heteroatoms. The number of carbonyl (C=O) groups excluding carboxylic acids is 2. The lowest BCUT2D eigenvalue weighted by atomic mass is 10.1. The number of carbonyl (C=O) groups is 2. The fourth-order valence-corrected chi connectivity index (χ4v) is 3.79. The molecule has 2 amide bonds. The highest BCUT2D eigenvalue weighted by atomic mass is 16.2. The van der Waals surface area contributed by atoms with E-state index in [0.717, 1.165) is 44.6 Å². The van der Waals surface area contributed by atoms with Crippen LogP contribution in [0.25, 0.3) is 0 Å². The molecule has 0 N–H and O–H groups in total. The molecule has 1 aromatic carbocycles. The minimum atomic E-state index is -0.0907. The molecular weight excluding hydrogens is 314 g/mol. The second kappa shape index (κ2) is 8.48. The van der Waals surface area contributed by atoms with Gasteiger partial charge in [0.1, 0.15) is 0 Å². The van der Waals surface area contributed by atoms with Gasteiger partial charge in [-0.15, -0.1) is 0 Å². The third kappa shape index (κ3) is 4.40. The molecule has 2 aliphatic heterocycles. The number of likely N-dealkylation sites (tertiary alicyclic amines) is 1. The minimum absolute atomic E-state index is 0.0896. The van der Waals surface area contributed by atoms with Crippen molar-refractivity contribution in [3.8, 4) is 0 Å². The van der Waals surface area contributed by atoms with Gasteiger partial charge in [-0.1, -0.05) is 31.0 Å². The monoisotopic (exact) mass is 343 g/mol. The van der Waals surface area contributed by atoms with Gasteiger partial charge in [0.15, 0.2) is 0 Å². The van der Waals surface area contributed by atoms with Crippen molar-refractivity contribution in [1.29, 1.82) is 0 Å². The van der Waals surface area contributed by atoms with E-state index in [-0.39, 0.29) is 17.9 Å². The van der Waals surface area contributed by atoms with E-state index in [2.05, 4.69) is 4.90 Å². The molecule has 25 heavy (non-hydrogen) atoms. The van der Waals surface area contributed by atoms with Crippen LogP contribution in [0.3, 0.4) is 0 Å². The Morgan fingerprint density at radius 1 is 0.800 bits per heavy atom. The summed E-state index contributed by atoms with van der Waals surface area (Å²) in [7, 11) is 0. The summed E-state index contributed by atoms with van der Waals surface area (Å²) in [6, 6.07) is 9.34. The zero-order valence-electron chi connectivity index (χ0n) is 15.2. The van der Waals surface area contributed by atoms with E-state index < -0.39 is 0 Å². The fourth-order valence-electron chi connectivity index (χ4n) is 3.79. The van der Waals surface area contributed by atoms with Crippen LogP contribution in [0.15, 0.2) is 30.3 Å². The Kier molecular flexibility index (Phi) is 6.08. The quantitative estimate of drug-likeness (QED) is 0.845. The number of piperazine rings is 1. The smallest absolute Gasteiger partial charge is 0.253 e. The zero-order valence-corrected chi connectivity index (χ0v) is 15.2. The summed E-state index contributed by atoms with van der Waals surface area (Å²) in [5.41, 5.74) is 0.740. The van der Waals surface area contributed by atoms with Crippen molar-refractivity contribution in [3.05, 3.63) is 35.9 Å². The predicted octanol–water partition coefficient (Wildman–Crippen LogP) is 2.24. The molecule has 0 aromatic heterocycles. The maximum Gasteiger partial charge on any atom is 0.253 e. The standard InChI is InChI=1S/C20H29N3O2/c1-17(19(24)22-11-7-2-3-8-12-22)21-13-15-23(16-14-21)20(25)18-9-5-4-6-10-18/h4-6,9-10,17H,2-3,7-8,11-16H2,1H3. The Bertz CT molecular complexity index is 574. The van der Waals surface area contributed by atoms with Crippen LogP contribution in [0, 0.1) is 0 Å². The van der Waals surface area contributed by atoms with Gasteiger partial charge in [-0.05, 0) is 31.9 Å². The summed E-state index contributed by atoms with van der Waals surface area (Å²) in [5, 5.41) is 0. The second-order valence-corrected chi connectivity index (χ2v) is 7.11. The lowest BCUT2D eigenvalue weighted by Gasteiger charge is -2.39. The summed E-state index contributed by atoms with van der Waals surface area (Å²) >= 11 is 0.